The van der Waals surface area contributed by atoms with E-state index in [1.165, 1.54) is 0 Å². The summed E-state index contributed by atoms with van der Waals surface area (Å²) in [4.78, 5) is 4.85. The van der Waals surface area contributed by atoms with Gasteiger partial charge in [-0.05, 0) is 37.4 Å². The minimum atomic E-state index is -0.0357. The molecule has 0 spiro atoms. The van der Waals surface area contributed by atoms with Crippen LogP contribution in [-0.4, -0.2) is 49.6 Å². The van der Waals surface area contributed by atoms with E-state index in [9.17, 15) is 4.39 Å². The predicted molar refractivity (Wildman–Crippen MR) is 86.2 cm³/mol. The number of nitrogens with zero attached hydrogens (tertiary/aromatic N) is 2. The van der Waals surface area contributed by atoms with Gasteiger partial charge in [0.05, 0.1) is 0 Å². The number of fused-ring (bicyclic) bond motifs is 1. The Morgan fingerprint density at radius 2 is 1.76 bits per heavy atom. The van der Waals surface area contributed by atoms with Gasteiger partial charge >= 0.3 is 0 Å². The lowest BCUT2D eigenvalue weighted by Crippen LogP contribution is -2.44. The summed E-state index contributed by atoms with van der Waals surface area (Å²) in [5.74, 6) is -0.0357. The fourth-order valence-corrected chi connectivity index (χ4v) is 3.04. The van der Waals surface area contributed by atoms with Gasteiger partial charge < -0.3 is 9.80 Å². The Bertz CT molecular complexity index is 603. The molecular formula is C18H23FN2. The largest absolute Gasteiger partial charge is 0.304 e. The zero-order valence-corrected chi connectivity index (χ0v) is 12.7. The van der Waals surface area contributed by atoms with E-state index < -0.39 is 0 Å². The average molecular weight is 286 g/mol. The summed E-state index contributed by atoms with van der Waals surface area (Å²) in [5.41, 5.74) is 0.850. The third-order valence-electron chi connectivity index (χ3n) is 4.46. The van der Waals surface area contributed by atoms with Crippen LogP contribution in [0.3, 0.4) is 0 Å². The van der Waals surface area contributed by atoms with Crippen molar-refractivity contribution >= 4 is 10.8 Å². The molecule has 0 N–H and O–H groups in total. The second-order valence-electron chi connectivity index (χ2n) is 6.01. The number of rotatable bonds is 4. The minimum absolute atomic E-state index is 0.0357. The van der Waals surface area contributed by atoms with Gasteiger partial charge in [-0.15, -0.1) is 0 Å². The molecule has 0 amide bonds. The number of halogens is 1. The first kappa shape index (κ1) is 14.5. The second-order valence-corrected chi connectivity index (χ2v) is 6.01. The van der Waals surface area contributed by atoms with Crippen molar-refractivity contribution in [1.82, 2.24) is 9.80 Å². The van der Waals surface area contributed by atoms with E-state index in [1.807, 2.05) is 36.4 Å². The minimum Gasteiger partial charge on any atom is -0.304 e. The molecule has 1 aliphatic rings. The van der Waals surface area contributed by atoms with Crippen molar-refractivity contribution in [3.05, 3.63) is 47.8 Å². The van der Waals surface area contributed by atoms with E-state index in [0.717, 1.165) is 61.9 Å². The van der Waals surface area contributed by atoms with Crippen LogP contribution in [0.5, 0.6) is 0 Å². The van der Waals surface area contributed by atoms with Gasteiger partial charge in [0.2, 0.25) is 0 Å². The monoisotopic (exact) mass is 286 g/mol. The molecule has 1 heterocycles. The van der Waals surface area contributed by atoms with Crippen LogP contribution in [0.25, 0.3) is 10.8 Å². The highest BCUT2D eigenvalue weighted by Crippen LogP contribution is 2.22. The molecule has 21 heavy (non-hydrogen) atoms. The molecule has 0 radical (unpaired) electrons. The molecule has 0 unspecified atom stereocenters. The highest BCUT2D eigenvalue weighted by Gasteiger charge is 2.13. The van der Waals surface area contributed by atoms with Crippen molar-refractivity contribution in [2.45, 2.75) is 12.8 Å². The molecule has 3 heteroatoms. The maximum atomic E-state index is 14.5. The van der Waals surface area contributed by atoms with Gasteiger partial charge in [0, 0.05) is 31.6 Å². The van der Waals surface area contributed by atoms with Crippen LogP contribution in [0.15, 0.2) is 36.4 Å². The molecule has 0 aromatic heterocycles. The molecule has 1 saturated heterocycles. The molecule has 3 rings (SSSR count). The van der Waals surface area contributed by atoms with E-state index >= 15 is 0 Å². The molecule has 2 aromatic rings. The van der Waals surface area contributed by atoms with Crippen molar-refractivity contribution in [2.75, 3.05) is 39.8 Å². The fraction of sp³-hybridized carbons (Fsp3) is 0.444. The first-order valence-electron chi connectivity index (χ1n) is 7.81. The summed E-state index contributed by atoms with van der Waals surface area (Å²) in [6, 6.07) is 11.7. The lowest BCUT2D eigenvalue weighted by atomic mass is 10.0. The van der Waals surface area contributed by atoms with E-state index in [2.05, 4.69) is 16.8 Å². The molecular weight excluding hydrogens is 263 g/mol. The zero-order chi connectivity index (χ0) is 14.7. The van der Waals surface area contributed by atoms with Gasteiger partial charge in [-0.2, -0.15) is 0 Å². The third kappa shape index (κ3) is 3.42. The van der Waals surface area contributed by atoms with E-state index in [0.29, 0.717) is 0 Å². The Morgan fingerprint density at radius 1 is 1.00 bits per heavy atom. The number of aryl methyl sites for hydroxylation is 1. The summed E-state index contributed by atoms with van der Waals surface area (Å²) in [5, 5.41) is 1.73. The van der Waals surface area contributed by atoms with Crippen LogP contribution in [0.1, 0.15) is 12.0 Å². The SMILES string of the molecule is CN1CCN(CCCc2ccc3ccccc3c2F)CC1. The smallest absolute Gasteiger partial charge is 0.134 e. The molecule has 1 aliphatic heterocycles. The topological polar surface area (TPSA) is 6.48 Å². The molecule has 2 nitrogen and oxygen atoms in total. The Labute approximate surface area is 126 Å². The standard InChI is InChI=1S/C18H23FN2/c1-20-11-13-21(14-12-20)10-4-6-16-9-8-15-5-2-3-7-17(15)18(16)19/h2-3,5,7-9H,4,6,10-14H2,1H3. The average Bonchev–Trinajstić information content (AvgIpc) is 2.52. The van der Waals surface area contributed by atoms with Crippen LogP contribution in [0, 0.1) is 5.82 Å². The summed E-state index contributed by atoms with van der Waals surface area (Å²) in [6.07, 6.45) is 1.85. The Balaban J connectivity index is 1.59. The third-order valence-corrected chi connectivity index (χ3v) is 4.46. The van der Waals surface area contributed by atoms with Crippen LogP contribution in [-0.2, 0) is 6.42 Å². The summed E-state index contributed by atoms with van der Waals surface area (Å²) in [7, 11) is 2.17. The van der Waals surface area contributed by atoms with Gasteiger partial charge in [0.1, 0.15) is 5.82 Å². The molecule has 0 bridgehead atoms. The quantitative estimate of drug-likeness (QED) is 0.852. The van der Waals surface area contributed by atoms with Crippen molar-refractivity contribution in [1.29, 1.82) is 0 Å². The molecule has 0 saturated carbocycles. The van der Waals surface area contributed by atoms with E-state index in [-0.39, 0.29) is 5.82 Å². The van der Waals surface area contributed by atoms with E-state index in [4.69, 9.17) is 0 Å². The molecule has 0 aliphatic carbocycles. The lowest BCUT2D eigenvalue weighted by molar-refractivity contribution is 0.153. The number of likely N-dealkylation sites (N-methyl/N-ethyl adjacent to an activating group) is 1. The summed E-state index contributed by atoms with van der Waals surface area (Å²) in [6.45, 7) is 5.63. The summed E-state index contributed by atoms with van der Waals surface area (Å²) >= 11 is 0. The van der Waals surface area contributed by atoms with Crippen molar-refractivity contribution in [2.24, 2.45) is 0 Å². The number of hydrogen-bond donors (Lipinski definition) is 0. The summed E-state index contributed by atoms with van der Waals surface area (Å²) < 4.78 is 14.5. The fourth-order valence-electron chi connectivity index (χ4n) is 3.04. The highest BCUT2D eigenvalue weighted by atomic mass is 19.1. The normalized spacial score (nSPS) is 17.4. The molecule has 0 atom stereocenters. The van der Waals surface area contributed by atoms with Crippen LogP contribution in [0.2, 0.25) is 0 Å². The maximum absolute atomic E-state index is 14.5. The Hall–Kier alpha value is -1.45. The molecule has 1 fully saturated rings. The zero-order valence-electron chi connectivity index (χ0n) is 12.7. The number of hydrogen-bond acceptors (Lipinski definition) is 2. The van der Waals surface area contributed by atoms with Gasteiger partial charge in [-0.3, -0.25) is 0 Å². The number of benzene rings is 2. The maximum Gasteiger partial charge on any atom is 0.134 e. The first-order chi connectivity index (χ1) is 10.2. The highest BCUT2D eigenvalue weighted by molar-refractivity contribution is 5.83. The van der Waals surface area contributed by atoms with Crippen LogP contribution in [0.4, 0.5) is 4.39 Å². The number of piperazine rings is 1. The predicted octanol–water partition coefficient (Wildman–Crippen LogP) is 3.16. The Morgan fingerprint density at radius 3 is 2.57 bits per heavy atom. The van der Waals surface area contributed by atoms with Crippen LogP contribution < -0.4 is 0 Å². The van der Waals surface area contributed by atoms with Crippen LogP contribution >= 0.6 is 0 Å². The Kier molecular flexibility index (Phi) is 4.51. The van der Waals surface area contributed by atoms with Gasteiger partial charge in [0.25, 0.3) is 0 Å². The van der Waals surface area contributed by atoms with Crippen molar-refractivity contribution in [3.63, 3.8) is 0 Å². The molecule has 2 aromatic carbocycles. The van der Waals surface area contributed by atoms with Gasteiger partial charge in [-0.25, -0.2) is 4.39 Å². The van der Waals surface area contributed by atoms with E-state index in [1.54, 1.807) is 0 Å². The molecule has 112 valence electrons. The lowest BCUT2D eigenvalue weighted by Gasteiger charge is -2.32. The van der Waals surface area contributed by atoms with Gasteiger partial charge in [0.15, 0.2) is 0 Å². The van der Waals surface area contributed by atoms with Crippen molar-refractivity contribution < 1.29 is 4.39 Å². The van der Waals surface area contributed by atoms with Crippen molar-refractivity contribution in [3.8, 4) is 0 Å². The first-order valence-corrected chi connectivity index (χ1v) is 7.81. The second kappa shape index (κ2) is 6.54. The van der Waals surface area contributed by atoms with Gasteiger partial charge in [-0.1, -0.05) is 36.4 Å².